The molecule has 2 unspecified atom stereocenters. The van der Waals surface area contributed by atoms with Gasteiger partial charge in [-0.15, -0.1) is 0 Å². The number of benzene rings is 1. The lowest BCUT2D eigenvalue weighted by atomic mass is 10.0. The number of aromatic nitrogens is 1. The topological polar surface area (TPSA) is 109 Å². The van der Waals surface area contributed by atoms with Crippen molar-refractivity contribution in [2.75, 3.05) is 18.7 Å². The Morgan fingerprint density at radius 1 is 1.28 bits per heavy atom. The van der Waals surface area contributed by atoms with Crippen molar-refractivity contribution >= 4 is 17.6 Å². The molecule has 10 nitrogen and oxygen atoms in total. The zero-order chi connectivity index (χ0) is 20.0. The highest BCUT2D eigenvalue weighted by Crippen LogP contribution is 2.37. The van der Waals surface area contributed by atoms with E-state index in [2.05, 4.69) is 15.9 Å². The fraction of sp³-hybridized carbons (Fsp3) is 0.316. The van der Waals surface area contributed by atoms with E-state index in [9.17, 15) is 9.59 Å². The second kappa shape index (κ2) is 6.82. The Bertz CT molecular complexity index is 1000. The molecule has 0 bridgehead atoms. The van der Waals surface area contributed by atoms with Gasteiger partial charge in [-0.1, -0.05) is 11.2 Å². The number of hydrogen-bond acceptors (Lipinski definition) is 8. The molecule has 1 aromatic heterocycles. The highest BCUT2D eigenvalue weighted by molar-refractivity contribution is 5.95. The summed E-state index contributed by atoms with van der Waals surface area (Å²) in [6.07, 6.45) is 3.94. The number of amides is 2. The number of ether oxygens (including phenoxy) is 2. The number of aryl methyl sites for hydroxylation is 1. The molecule has 29 heavy (non-hydrogen) atoms. The highest BCUT2D eigenvalue weighted by Gasteiger charge is 2.40. The van der Waals surface area contributed by atoms with Gasteiger partial charge in [0, 0.05) is 18.5 Å². The third-order valence-corrected chi connectivity index (χ3v) is 5.08. The van der Waals surface area contributed by atoms with Crippen LogP contribution in [-0.2, 0) is 9.59 Å². The molecule has 0 radical (unpaired) electrons. The average Bonchev–Trinajstić information content (AvgIpc) is 3.43. The molecule has 150 valence electrons. The van der Waals surface area contributed by atoms with E-state index < -0.39 is 6.04 Å². The first-order chi connectivity index (χ1) is 14.1. The van der Waals surface area contributed by atoms with Crippen molar-refractivity contribution in [2.45, 2.75) is 25.4 Å². The van der Waals surface area contributed by atoms with E-state index >= 15 is 0 Å². The Kier molecular flexibility index (Phi) is 4.13. The Morgan fingerprint density at radius 2 is 2.14 bits per heavy atom. The minimum atomic E-state index is -0.391. The fourth-order valence-corrected chi connectivity index (χ4v) is 3.68. The van der Waals surface area contributed by atoms with Crippen molar-refractivity contribution in [3.8, 4) is 11.5 Å². The van der Waals surface area contributed by atoms with Gasteiger partial charge in [-0.05, 0) is 31.0 Å². The maximum absolute atomic E-state index is 12.9. The minimum absolute atomic E-state index is 0.0463. The van der Waals surface area contributed by atoms with Gasteiger partial charge in [-0.2, -0.15) is 0 Å². The number of hydrogen-bond donors (Lipinski definition) is 2. The summed E-state index contributed by atoms with van der Waals surface area (Å²) in [5.41, 5.74) is 4.34. The van der Waals surface area contributed by atoms with E-state index in [4.69, 9.17) is 14.0 Å². The van der Waals surface area contributed by atoms with Crippen molar-refractivity contribution in [1.82, 2.24) is 20.5 Å². The van der Waals surface area contributed by atoms with Crippen LogP contribution in [0, 0.1) is 6.92 Å². The number of nitrogens with one attached hydrogen (secondary N) is 2. The largest absolute Gasteiger partial charge is 0.454 e. The van der Waals surface area contributed by atoms with Crippen LogP contribution < -0.4 is 20.2 Å². The summed E-state index contributed by atoms with van der Waals surface area (Å²) in [5.74, 6) is 1.86. The molecule has 3 aliphatic rings. The number of fused-ring (bicyclic) bond motifs is 2. The standard InChI is InChI=1S/C19H19N5O5/c1-11-6-17(22-29-11)20-18(25)9-23-4-5-24-14(19(23)26)8-13(21-24)12-2-3-15-16(7-12)28-10-27-15/h2-7,13-14,21H,8-10H2,1H3,(H,20,22,25). The maximum Gasteiger partial charge on any atom is 0.251 e. The summed E-state index contributed by atoms with van der Waals surface area (Å²) in [7, 11) is 0. The van der Waals surface area contributed by atoms with E-state index in [0.717, 1.165) is 11.3 Å². The number of nitrogens with zero attached hydrogens (tertiary/aromatic N) is 3. The first-order valence-electron chi connectivity index (χ1n) is 9.23. The Balaban J connectivity index is 1.24. The van der Waals surface area contributed by atoms with Crippen LogP contribution in [0.15, 0.2) is 41.2 Å². The lowest BCUT2D eigenvalue weighted by molar-refractivity contribution is -0.137. The third-order valence-electron chi connectivity index (χ3n) is 5.08. The number of carbonyl (C=O) groups excluding carboxylic acids is 2. The minimum Gasteiger partial charge on any atom is -0.454 e. The summed E-state index contributed by atoms with van der Waals surface area (Å²) in [6, 6.07) is 6.94. The number of rotatable bonds is 4. The molecule has 1 aromatic carbocycles. The second-order valence-electron chi connectivity index (χ2n) is 7.09. The smallest absolute Gasteiger partial charge is 0.251 e. The van der Waals surface area contributed by atoms with Crippen molar-refractivity contribution in [1.29, 1.82) is 0 Å². The van der Waals surface area contributed by atoms with E-state index in [1.807, 2.05) is 18.2 Å². The predicted molar refractivity (Wildman–Crippen MR) is 99.4 cm³/mol. The monoisotopic (exact) mass is 397 g/mol. The number of carbonyl (C=O) groups is 2. The van der Waals surface area contributed by atoms with Gasteiger partial charge in [-0.25, -0.2) is 5.43 Å². The Morgan fingerprint density at radius 3 is 2.97 bits per heavy atom. The van der Waals surface area contributed by atoms with Crippen LogP contribution in [0.1, 0.15) is 23.8 Å². The van der Waals surface area contributed by atoms with Gasteiger partial charge in [0.05, 0.1) is 6.04 Å². The van der Waals surface area contributed by atoms with Crippen LogP contribution in [0.25, 0.3) is 0 Å². The Labute approximate surface area is 166 Å². The molecule has 1 fully saturated rings. The lowest BCUT2D eigenvalue weighted by Gasteiger charge is -2.31. The first-order valence-corrected chi connectivity index (χ1v) is 9.23. The summed E-state index contributed by atoms with van der Waals surface area (Å²) in [4.78, 5) is 26.6. The zero-order valence-electron chi connectivity index (χ0n) is 15.6. The molecule has 4 heterocycles. The maximum atomic E-state index is 12.9. The fourth-order valence-electron chi connectivity index (χ4n) is 3.68. The third kappa shape index (κ3) is 3.27. The quantitative estimate of drug-likeness (QED) is 0.794. The van der Waals surface area contributed by atoms with Crippen LogP contribution in [0.2, 0.25) is 0 Å². The summed E-state index contributed by atoms with van der Waals surface area (Å²) >= 11 is 0. The highest BCUT2D eigenvalue weighted by atomic mass is 16.7. The van der Waals surface area contributed by atoms with Crippen molar-refractivity contribution in [3.63, 3.8) is 0 Å². The van der Waals surface area contributed by atoms with Gasteiger partial charge >= 0.3 is 0 Å². The molecule has 1 saturated heterocycles. The molecule has 10 heteroatoms. The summed E-state index contributed by atoms with van der Waals surface area (Å²) in [6.45, 7) is 1.86. The summed E-state index contributed by atoms with van der Waals surface area (Å²) in [5, 5.41) is 8.13. The average molecular weight is 397 g/mol. The van der Waals surface area contributed by atoms with Gasteiger partial charge in [0.25, 0.3) is 5.91 Å². The lowest BCUT2D eigenvalue weighted by Crippen LogP contribution is -2.49. The first kappa shape index (κ1) is 17.6. The molecule has 5 rings (SSSR count). The van der Waals surface area contributed by atoms with Crippen molar-refractivity contribution in [3.05, 3.63) is 48.0 Å². The van der Waals surface area contributed by atoms with Gasteiger partial charge < -0.3 is 29.2 Å². The van der Waals surface area contributed by atoms with Gasteiger partial charge in [-0.3, -0.25) is 9.59 Å². The van der Waals surface area contributed by atoms with E-state index in [0.29, 0.717) is 23.7 Å². The number of anilines is 1. The predicted octanol–water partition coefficient (Wildman–Crippen LogP) is 1.28. The molecule has 0 aliphatic carbocycles. The van der Waals surface area contributed by atoms with Gasteiger partial charge in [0.15, 0.2) is 17.3 Å². The van der Waals surface area contributed by atoms with Crippen LogP contribution in [0.4, 0.5) is 5.82 Å². The Hall–Kier alpha value is -3.53. The van der Waals surface area contributed by atoms with E-state index in [1.165, 1.54) is 4.90 Å². The van der Waals surface area contributed by atoms with Crippen LogP contribution in [0.3, 0.4) is 0 Å². The molecular weight excluding hydrogens is 378 g/mol. The van der Waals surface area contributed by atoms with Crippen LogP contribution >= 0.6 is 0 Å². The molecular formula is C19H19N5O5. The van der Waals surface area contributed by atoms with Gasteiger partial charge in [0.1, 0.15) is 18.3 Å². The van der Waals surface area contributed by atoms with Crippen LogP contribution in [0.5, 0.6) is 11.5 Å². The molecule has 2 N–H and O–H groups in total. The molecule has 2 amide bonds. The summed E-state index contributed by atoms with van der Waals surface area (Å²) < 4.78 is 15.7. The number of hydrazine groups is 1. The second-order valence-corrected chi connectivity index (χ2v) is 7.09. The molecule has 2 aromatic rings. The normalized spacial score (nSPS) is 22.2. The molecule has 3 aliphatic heterocycles. The zero-order valence-corrected chi connectivity index (χ0v) is 15.6. The van der Waals surface area contributed by atoms with E-state index in [-0.39, 0.29) is 31.2 Å². The van der Waals surface area contributed by atoms with E-state index in [1.54, 1.807) is 30.4 Å². The van der Waals surface area contributed by atoms with Crippen LogP contribution in [-0.4, -0.2) is 46.3 Å². The molecule has 0 spiro atoms. The SMILES string of the molecule is Cc1cc(NC(=O)CN2C=CN3NC(c4ccc5c(c4)OCO5)CC3C2=O)no1. The van der Waals surface area contributed by atoms with Gasteiger partial charge in [0.2, 0.25) is 12.7 Å². The van der Waals surface area contributed by atoms with Crippen molar-refractivity contribution in [2.24, 2.45) is 0 Å². The molecule has 0 saturated carbocycles. The molecule has 2 atom stereocenters. The van der Waals surface area contributed by atoms with Crippen molar-refractivity contribution < 1.29 is 23.6 Å².